The number of benzene rings is 1. The molecule has 0 unspecified atom stereocenters. The third-order valence-electron chi connectivity index (χ3n) is 3.60. The Labute approximate surface area is 120 Å². The summed E-state index contributed by atoms with van der Waals surface area (Å²) >= 11 is 5.81. The highest BCUT2D eigenvalue weighted by Gasteiger charge is 2.20. The van der Waals surface area contributed by atoms with E-state index in [1.54, 1.807) is 0 Å². The van der Waals surface area contributed by atoms with Gasteiger partial charge in [-0.2, -0.15) is 0 Å². The van der Waals surface area contributed by atoms with E-state index in [9.17, 15) is 4.79 Å². The minimum absolute atomic E-state index is 0.0478. The van der Waals surface area contributed by atoms with Gasteiger partial charge in [-0.15, -0.1) is 0 Å². The largest absolute Gasteiger partial charge is 0.354 e. The molecule has 3 N–H and O–H groups in total. The van der Waals surface area contributed by atoms with E-state index in [0.29, 0.717) is 18.0 Å². The standard InChI is InChI=1S/C15H23ClN2O/c1-3-15(17,4-2)11-18-14(19)10-7-12-5-8-13(16)9-6-12/h5-6,8-9H,3-4,7,10-11,17H2,1-2H3,(H,18,19). The number of hydrogen-bond donors (Lipinski definition) is 2. The predicted octanol–water partition coefficient (Wildman–Crippen LogP) is 2.91. The number of amides is 1. The number of hydrogen-bond acceptors (Lipinski definition) is 2. The summed E-state index contributed by atoms with van der Waals surface area (Å²) in [6.07, 6.45) is 2.92. The van der Waals surface area contributed by atoms with Gasteiger partial charge in [0.2, 0.25) is 5.91 Å². The molecule has 4 heteroatoms. The van der Waals surface area contributed by atoms with Crippen LogP contribution in [0.3, 0.4) is 0 Å². The van der Waals surface area contributed by atoms with Gasteiger partial charge in [-0.3, -0.25) is 4.79 Å². The van der Waals surface area contributed by atoms with Gasteiger partial charge in [0.1, 0.15) is 0 Å². The summed E-state index contributed by atoms with van der Waals surface area (Å²) in [5.41, 5.74) is 6.97. The van der Waals surface area contributed by atoms with Crippen molar-refractivity contribution in [1.82, 2.24) is 5.32 Å². The second-order valence-corrected chi connectivity index (χ2v) is 5.41. The van der Waals surface area contributed by atoms with Crippen molar-refractivity contribution in [3.05, 3.63) is 34.9 Å². The van der Waals surface area contributed by atoms with Crippen molar-refractivity contribution in [3.8, 4) is 0 Å². The van der Waals surface area contributed by atoms with Crippen LogP contribution in [-0.4, -0.2) is 18.0 Å². The van der Waals surface area contributed by atoms with E-state index in [2.05, 4.69) is 5.32 Å². The van der Waals surface area contributed by atoms with Crippen LogP contribution < -0.4 is 11.1 Å². The van der Waals surface area contributed by atoms with Crippen LogP contribution in [0.25, 0.3) is 0 Å². The molecule has 0 aliphatic heterocycles. The second kappa shape index (κ2) is 7.51. The maximum absolute atomic E-state index is 11.8. The summed E-state index contributed by atoms with van der Waals surface area (Å²) < 4.78 is 0. The summed E-state index contributed by atoms with van der Waals surface area (Å²) in [7, 11) is 0. The fourth-order valence-corrected chi connectivity index (χ4v) is 1.90. The van der Waals surface area contributed by atoms with Gasteiger partial charge in [0.05, 0.1) is 0 Å². The number of rotatable bonds is 7. The highest BCUT2D eigenvalue weighted by Crippen LogP contribution is 2.12. The molecule has 106 valence electrons. The van der Waals surface area contributed by atoms with Gasteiger partial charge in [0.25, 0.3) is 0 Å². The maximum Gasteiger partial charge on any atom is 0.220 e. The molecule has 1 aromatic carbocycles. The number of nitrogens with one attached hydrogen (secondary N) is 1. The lowest BCUT2D eigenvalue weighted by atomic mass is 9.94. The minimum Gasteiger partial charge on any atom is -0.354 e. The molecule has 1 aromatic rings. The zero-order valence-electron chi connectivity index (χ0n) is 11.7. The molecular formula is C15H23ClN2O. The molecule has 1 amide bonds. The van der Waals surface area contributed by atoms with Crippen LogP contribution in [0.1, 0.15) is 38.7 Å². The third-order valence-corrected chi connectivity index (χ3v) is 3.85. The van der Waals surface area contributed by atoms with E-state index >= 15 is 0 Å². The third kappa shape index (κ3) is 5.62. The molecular weight excluding hydrogens is 260 g/mol. The number of carbonyl (C=O) groups excluding carboxylic acids is 1. The summed E-state index contributed by atoms with van der Waals surface area (Å²) in [5.74, 6) is 0.0478. The zero-order chi connectivity index (χ0) is 14.3. The molecule has 0 fully saturated rings. The Morgan fingerprint density at radius 1 is 1.26 bits per heavy atom. The first-order valence-electron chi connectivity index (χ1n) is 6.79. The molecule has 1 rings (SSSR count). The van der Waals surface area contributed by atoms with Crippen molar-refractivity contribution in [2.24, 2.45) is 5.73 Å². The Bertz CT molecular complexity index is 399. The van der Waals surface area contributed by atoms with Crippen LogP contribution in [0.5, 0.6) is 0 Å². The van der Waals surface area contributed by atoms with Crippen molar-refractivity contribution < 1.29 is 4.79 Å². The molecule has 0 saturated heterocycles. The quantitative estimate of drug-likeness (QED) is 0.808. The average Bonchev–Trinajstić information content (AvgIpc) is 2.44. The maximum atomic E-state index is 11.8. The predicted molar refractivity (Wildman–Crippen MR) is 80.3 cm³/mol. The normalized spacial score (nSPS) is 11.4. The molecule has 0 aromatic heterocycles. The number of carbonyl (C=O) groups is 1. The fraction of sp³-hybridized carbons (Fsp3) is 0.533. The first-order valence-corrected chi connectivity index (χ1v) is 7.17. The summed E-state index contributed by atoms with van der Waals surface area (Å²) in [5, 5.41) is 3.63. The van der Waals surface area contributed by atoms with Crippen LogP contribution in [0, 0.1) is 0 Å². The molecule has 0 radical (unpaired) electrons. The Hall–Kier alpha value is -1.06. The smallest absolute Gasteiger partial charge is 0.220 e. The average molecular weight is 283 g/mol. The number of aryl methyl sites for hydroxylation is 1. The molecule has 0 heterocycles. The molecule has 0 saturated carbocycles. The first kappa shape index (κ1) is 16.0. The van der Waals surface area contributed by atoms with Crippen LogP contribution in [-0.2, 0) is 11.2 Å². The van der Waals surface area contributed by atoms with Crippen molar-refractivity contribution in [2.75, 3.05) is 6.54 Å². The fourth-order valence-electron chi connectivity index (χ4n) is 1.77. The van der Waals surface area contributed by atoms with E-state index in [1.807, 2.05) is 38.1 Å². The SMILES string of the molecule is CCC(N)(CC)CNC(=O)CCc1ccc(Cl)cc1. The van der Waals surface area contributed by atoms with Crippen LogP contribution in [0.2, 0.25) is 5.02 Å². The number of nitrogens with two attached hydrogens (primary N) is 1. The molecule has 19 heavy (non-hydrogen) atoms. The minimum atomic E-state index is -0.282. The van der Waals surface area contributed by atoms with Gasteiger partial charge in [-0.05, 0) is 37.0 Å². The Kier molecular flexibility index (Phi) is 6.32. The first-order chi connectivity index (χ1) is 8.99. The van der Waals surface area contributed by atoms with E-state index in [0.717, 1.165) is 24.8 Å². The van der Waals surface area contributed by atoms with E-state index < -0.39 is 0 Å². The van der Waals surface area contributed by atoms with Gasteiger partial charge in [0.15, 0.2) is 0 Å². The van der Waals surface area contributed by atoms with Gasteiger partial charge in [0, 0.05) is 23.5 Å². The lowest BCUT2D eigenvalue weighted by Crippen LogP contribution is -2.49. The molecule has 0 aliphatic carbocycles. The van der Waals surface area contributed by atoms with Gasteiger partial charge in [-0.1, -0.05) is 37.6 Å². The lowest BCUT2D eigenvalue weighted by molar-refractivity contribution is -0.121. The molecule has 0 atom stereocenters. The number of halogens is 1. The monoisotopic (exact) mass is 282 g/mol. The highest BCUT2D eigenvalue weighted by atomic mass is 35.5. The van der Waals surface area contributed by atoms with E-state index in [1.165, 1.54) is 0 Å². The second-order valence-electron chi connectivity index (χ2n) is 4.97. The Morgan fingerprint density at radius 2 is 1.84 bits per heavy atom. The summed E-state index contributed by atoms with van der Waals surface area (Å²) in [6.45, 7) is 4.63. The van der Waals surface area contributed by atoms with Crippen molar-refractivity contribution >= 4 is 17.5 Å². The van der Waals surface area contributed by atoms with Crippen molar-refractivity contribution in [3.63, 3.8) is 0 Å². The molecule has 0 aliphatic rings. The van der Waals surface area contributed by atoms with Crippen LogP contribution in [0.15, 0.2) is 24.3 Å². The van der Waals surface area contributed by atoms with Crippen molar-refractivity contribution in [2.45, 2.75) is 45.1 Å². The Morgan fingerprint density at radius 3 is 2.37 bits per heavy atom. The van der Waals surface area contributed by atoms with E-state index in [4.69, 9.17) is 17.3 Å². The van der Waals surface area contributed by atoms with E-state index in [-0.39, 0.29) is 11.4 Å². The molecule has 0 bridgehead atoms. The van der Waals surface area contributed by atoms with Gasteiger partial charge >= 0.3 is 0 Å². The summed E-state index contributed by atoms with van der Waals surface area (Å²) in [6, 6.07) is 7.57. The van der Waals surface area contributed by atoms with Crippen LogP contribution >= 0.6 is 11.6 Å². The lowest BCUT2D eigenvalue weighted by Gasteiger charge is -2.26. The Balaban J connectivity index is 2.34. The van der Waals surface area contributed by atoms with Gasteiger partial charge in [-0.25, -0.2) is 0 Å². The molecule has 0 spiro atoms. The van der Waals surface area contributed by atoms with Gasteiger partial charge < -0.3 is 11.1 Å². The highest BCUT2D eigenvalue weighted by molar-refractivity contribution is 6.30. The van der Waals surface area contributed by atoms with Crippen molar-refractivity contribution in [1.29, 1.82) is 0 Å². The molecule has 3 nitrogen and oxygen atoms in total. The zero-order valence-corrected chi connectivity index (χ0v) is 12.5. The van der Waals surface area contributed by atoms with Crippen LogP contribution in [0.4, 0.5) is 0 Å². The topological polar surface area (TPSA) is 55.1 Å². The summed E-state index contributed by atoms with van der Waals surface area (Å²) in [4.78, 5) is 11.8.